The van der Waals surface area contributed by atoms with Gasteiger partial charge in [-0.3, -0.25) is 0 Å². The molecule has 0 fully saturated rings. The van der Waals surface area contributed by atoms with Crippen LogP contribution in [0.4, 0.5) is 0 Å². The molecule has 0 saturated carbocycles. The zero-order valence-corrected chi connectivity index (χ0v) is 9.11. The topological polar surface area (TPSA) is 54.0 Å². The summed E-state index contributed by atoms with van der Waals surface area (Å²) in [6, 6.07) is 0. The van der Waals surface area contributed by atoms with Crippen LogP contribution in [0.15, 0.2) is 0 Å². The van der Waals surface area contributed by atoms with Gasteiger partial charge in [0.2, 0.25) is 0 Å². The highest BCUT2D eigenvalue weighted by Gasteiger charge is 2.23. The van der Waals surface area contributed by atoms with Crippen molar-refractivity contribution in [3.63, 3.8) is 0 Å². The fraction of sp³-hybridized carbons (Fsp3) is 0.889. The highest BCUT2D eigenvalue weighted by Crippen LogP contribution is 2.07. The van der Waals surface area contributed by atoms with Crippen LogP contribution in [-0.2, 0) is 23.7 Å². The minimum atomic E-state index is -0.597. The number of carbonyl (C=O) groups is 1. The van der Waals surface area contributed by atoms with E-state index in [0.717, 1.165) is 0 Å². The van der Waals surface area contributed by atoms with Gasteiger partial charge in [-0.1, -0.05) is 0 Å². The molecule has 0 aromatic carbocycles. The fourth-order valence-corrected chi connectivity index (χ4v) is 1.08. The van der Waals surface area contributed by atoms with Gasteiger partial charge in [-0.2, -0.15) is 0 Å². The van der Waals surface area contributed by atoms with Crippen molar-refractivity contribution in [2.75, 3.05) is 35.0 Å². The Kier molecular flexibility index (Phi) is 7.37. The highest BCUT2D eigenvalue weighted by atomic mass is 16.6. The van der Waals surface area contributed by atoms with Crippen LogP contribution in [0.1, 0.15) is 6.42 Å². The first kappa shape index (κ1) is 13.4. The number of hydrogen-bond donors (Lipinski definition) is 0. The van der Waals surface area contributed by atoms with Crippen molar-refractivity contribution >= 4 is 5.97 Å². The van der Waals surface area contributed by atoms with E-state index in [4.69, 9.17) is 14.2 Å². The standard InChI is InChI=1S/C9H18O5/c1-11-6-7(12-2)5-8(13-3)9(10)14-4/h7-8H,5-6H2,1-4H3/t7-,8+/m0/s1. The number of ether oxygens (including phenoxy) is 4. The predicted molar refractivity (Wildman–Crippen MR) is 50.1 cm³/mol. The molecule has 0 N–H and O–H groups in total. The maximum atomic E-state index is 11.2. The molecule has 0 aromatic rings. The zero-order chi connectivity index (χ0) is 11.0. The predicted octanol–water partition coefficient (Wildman–Crippen LogP) is 0.226. The Bertz CT molecular complexity index is 159. The summed E-state index contributed by atoms with van der Waals surface area (Å²) < 4.78 is 19.6. The Morgan fingerprint density at radius 1 is 1.14 bits per heavy atom. The van der Waals surface area contributed by atoms with Crippen molar-refractivity contribution in [1.29, 1.82) is 0 Å². The van der Waals surface area contributed by atoms with Crippen molar-refractivity contribution in [3.8, 4) is 0 Å². The minimum Gasteiger partial charge on any atom is -0.467 e. The van der Waals surface area contributed by atoms with Gasteiger partial charge in [0, 0.05) is 27.8 Å². The first-order valence-electron chi connectivity index (χ1n) is 4.31. The molecular weight excluding hydrogens is 188 g/mol. The van der Waals surface area contributed by atoms with Crippen LogP contribution in [0.5, 0.6) is 0 Å². The summed E-state index contributed by atoms with van der Waals surface area (Å²) in [7, 11) is 5.92. The molecule has 14 heavy (non-hydrogen) atoms. The molecular formula is C9H18O5. The smallest absolute Gasteiger partial charge is 0.335 e. The van der Waals surface area contributed by atoms with Crippen LogP contribution in [0, 0.1) is 0 Å². The SMILES string of the molecule is COC[C@H](C[C@@H](OC)C(=O)OC)OC. The number of rotatable bonds is 7. The van der Waals surface area contributed by atoms with Gasteiger partial charge < -0.3 is 18.9 Å². The first-order chi connectivity index (χ1) is 6.69. The lowest BCUT2D eigenvalue weighted by molar-refractivity contribution is -0.155. The summed E-state index contributed by atoms with van der Waals surface area (Å²) in [6.45, 7) is 0.424. The third-order valence-corrected chi connectivity index (χ3v) is 1.91. The van der Waals surface area contributed by atoms with Crippen LogP contribution < -0.4 is 0 Å². The van der Waals surface area contributed by atoms with Crippen LogP contribution in [0.3, 0.4) is 0 Å². The lowest BCUT2D eigenvalue weighted by Crippen LogP contribution is -2.31. The first-order valence-corrected chi connectivity index (χ1v) is 4.31. The number of hydrogen-bond acceptors (Lipinski definition) is 5. The van der Waals surface area contributed by atoms with E-state index >= 15 is 0 Å². The summed E-state index contributed by atoms with van der Waals surface area (Å²) in [5, 5.41) is 0. The van der Waals surface area contributed by atoms with Gasteiger partial charge in [0.1, 0.15) is 0 Å². The second kappa shape index (κ2) is 7.73. The van der Waals surface area contributed by atoms with Crippen molar-refractivity contribution in [1.82, 2.24) is 0 Å². The molecule has 2 atom stereocenters. The van der Waals surface area contributed by atoms with E-state index in [9.17, 15) is 4.79 Å². The highest BCUT2D eigenvalue weighted by molar-refractivity contribution is 5.74. The number of methoxy groups -OCH3 is 4. The zero-order valence-electron chi connectivity index (χ0n) is 9.11. The van der Waals surface area contributed by atoms with Crippen LogP contribution in [-0.4, -0.2) is 53.2 Å². The Hall–Kier alpha value is -0.650. The Morgan fingerprint density at radius 2 is 1.79 bits per heavy atom. The molecule has 0 saturated heterocycles. The second-order valence-corrected chi connectivity index (χ2v) is 2.80. The van der Waals surface area contributed by atoms with Crippen molar-refractivity contribution in [2.24, 2.45) is 0 Å². The fourth-order valence-electron chi connectivity index (χ4n) is 1.08. The van der Waals surface area contributed by atoms with E-state index in [0.29, 0.717) is 13.0 Å². The second-order valence-electron chi connectivity index (χ2n) is 2.80. The number of carbonyl (C=O) groups excluding carboxylic acids is 1. The van der Waals surface area contributed by atoms with Crippen LogP contribution in [0.25, 0.3) is 0 Å². The van der Waals surface area contributed by atoms with E-state index < -0.39 is 12.1 Å². The molecule has 0 radical (unpaired) electrons. The minimum absolute atomic E-state index is 0.163. The maximum absolute atomic E-state index is 11.2. The molecule has 0 amide bonds. The van der Waals surface area contributed by atoms with Gasteiger partial charge in [0.25, 0.3) is 0 Å². The van der Waals surface area contributed by atoms with Gasteiger partial charge in [-0.25, -0.2) is 4.79 Å². The summed E-state index contributed by atoms with van der Waals surface area (Å²) in [4.78, 5) is 11.2. The summed E-state index contributed by atoms with van der Waals surface area (Å²) in [6.07, 6.45) is -0.336. The van der Waals surface area contributed by atoms with E-state index in [1.54, 1.807) is 14.2 Å². The molecule has 0 aromatic heterocycles. The molecule has 0 rings (SSSR count). The van der Waals surface area contributed by atoms with Crippen LogP contribution >= 0.6 is 0 Å². The molecule has 0 heterocycles. The van der Waals surface area contributed by atoms with E-state index in [2.05, 4.69) is 4.74 Å². The van der Waals surface area contributed by atoms with Gasteiger partial charge in [-0.15, -0.1) is 0 Å². The maximum Gasteiger partial charge on any atom is 0.335 e. The van der Waals surface area contributed by atoms with E-state index in [1.807, 2.05) is 0 Å². The average molecular weight is 206 g/mol. The third-order valence-electron chi connectivity index (χ3n) is 1.91. The van der Waals surface area contributed by atoms with Crippen LogP contribution in [0.2, 0.25) is 0 Å². The molecule has 84 valence electrons. The Balaban J connectivity index is 4.06. The van der Waals surface area contributed by atoms with E-state index in [-0.39, 0.29) is 6.10 Å². The summed E-state index contributed by atoms with van der Waals surface area (Å²) in [5.74, 6) is -0.398. The van der Waals surface area contributed by atoms with Crippen molar-refractivity contribution in [2.45, 2.75) is 18.6 Å². The summed E-state index contributed by atoms with van der Waals surface area (Å²) >= 11 is 0. The van der Waals surface area contributed by atoms with Gasteiger partial charge in [0.15, 0.2) is 6.10 Å². The number of esters is 1. The van der Waals surface area contributed by atoms with Gasteiger partial charge in [0.05, 0.1) is 19.8 Å². The molecule has 0 aliphatic heterocycles. The Morgan fingerprint density at radius 3 is 2.14 bits per heavy atom. The molecule has 5 nitrogen and oxygen atoms in total. The lowest BCUT2D eigenvalue weighted by atomic mass is 10.1. The average Bonchev–Trinajstić information content (AvgIpc) is 2.23. The molecule has 0 aliphatic carbocycles. The van der Waals surface area contributed by atoms with Crippen molar-refractivity contribution < 1.29 is 23.7 Å². The van der Waals surface area contributed by atoms with Gasteiger partial charge >= 0.3 is 5.97 Å². The molecule has 0 unspecified atom stereocenters. The van der Waals surface area contributed by atoms with Gasteiger partial charge in [-0.05, 0) is 0 Å². The quantitative estimate of drug-likeness (QED) is 0.558. The lowest BCUT2D eigenvalue weighted by Gasteiger charge is -2.19. The molecule has 5 heteroatoms. The third kappa shape index (κ3) is 4.55. The molecule has 0 bridgehead atoms. The Labute approximate surface area is 84.3 Å². The monoisotopic (exact) mass is 206 g/mol. The molecule has 0 spiro atoms. The normalized spacial score (nSPS) is 14.9. The largest absolute Gasteiger partial charge is 0.467 e. The molecule has 0 aliphatic rings. The summed E-state index contributed by atoms with van der Waals surface area (Å²) in [5.41, 5.74) is 0. The van der Waals surface area contributed by atoms with E-state index in [1.165, 1.54) is 14.2 Å². The van der Waals surface area contributed by atoms with Crippen molar-refractivity contribution in [3.05, 3.63) is 0 Å².